The minimum atomic E-state index is -1.62. The highest BCUT2D eigenvalue weighted by atomic mass is 19.1. The monoisotopic (exact) mass is 318 g/mol. The summed E-state index contributed by atoms with van der Waals surface area (Å²) in [4.78, 5) is 25.5. The Morgan fingerprint density at radius 1 is 1.13 bits per heavy atom. The second kappa shape index (κ2) is 5.06. The molecule has 2 atom stereocenters. The third kappa shape index (κ3) is 2.11. The van der Waals surface area contributed by atoms with Crippen LogP contribution >= 0.6 is 0 Å². The number of rotatable bonds is 1. The lowest BCUT2D eigenvalue weighted by Gasteiger charge is -2.39. The average molecular weight is 318 g/mol. The van der Waals surface area contributed by atoms with Gasteiger partial charge in [-0.3, -0.25) is 4.90 Å². The maximum Gasteiger partial charge on any atom is 0.347 e. The first-order chi connectivity index (χ1) is 11.1. The van der Waals surface area contributed by atoms with E-state index in [2.05, 4.69) is 5.32 Å². The summed E-state index contributed by atoms with van der Waals surface area (Å²) in [5, 5.41) is 3.21. The number of benzene rings is 1. The van der Waals surface area contributed by atoms with E-state index in [-0.39, 0.29) is 17.5 Å². The van der Waals surface area contributed by atoms with Crippen LogP contribution in [-0.2, 0) is 19.1 Å². The van der Waals surface area contributed by atoms with Crippen LogP contribution in [0.2, 0.25) is 0 Å². The van der Waals surface area contributed by atoms with Gasteiger partial charge in [-0.1, -0.05) is 12.1 Å². The Hall–Kier alpha value is -2.41. The molecule has 0 radical (unpaired) electrons. The van der Waals surface area contributed by atoms with Crippen LogP contribution in [0.4, 0.5) is 10.1 Å². The normalized spacial score (nSPS) is 28.5. The second-order valence-electron chi connectivity index (χ2n) is 5.89. The molecule has 0 aromatic heterocycles. The summed E-state index contributed by atoms with van der Waals surface area (Å²) in [5.41, 5.74) is 0.254. The first-order valence-corrected chi connectivity index (χ1v) is 7.47. The molecule has 1 aromatic rings. The van der Waals surface area contributed by atoms with E-state index in [4.69, 9.17) is 9.47 Å². The van der Waals surface area contributed by atoms with Crippen LogP contribution < -0.4 is 10.2 Å². The maximum atomic E-state index is 14.3. The summed E-state index contributed by atoms with van der Waals surface area (Å²) < 4.78 is 25.3. The lowest BCUT2D eigenvalue weighted by molar-refractivity contribution is -0.231. The Balaban J connectivity index is 1.83. The summed E-state index contributed by atoms with van der Waals surface area (Å²) >= 11 is 0. The van der Waals surface area contributed by atoms with Crippen molar-refractivity contribution >= 4 is 17.6 Å². The molecule has 1 aromatic carbocycles. The Morgan fingerprint density at radius 2 is 1.83 bits per heavy atom. The van der Waals surface area contributed by atoms with E-state index in [1.165, 1.54) is 6.07 Å². The van der Waals surface area contributed by atoms with Gasteiger partial charge in [0.2, 0.25) is 0 Å². The highest BCUT2D eigenvalue weighted by Gasteiger charge is 2.62. The molecule has 3 aliphatic heterocycles. The molecule has 3 aliphatic rings. The molecule has 0 aliphatic carbocycles. The van der Waals surface area contributed by atoms with E-state index < -0.39 is 23.7 Å². The molecule has 23 heavy (non-hydrogen) atoms. The first kappa shape index (κ1) is 14.2. The first-order valence-electron chi connectivity index (χ1n) is 7.47. The summed E-state index contributed by atoms with van der Waals surface area (Å²) in [6.45, 7) is 1.65. The van der Waals surface area contributed by atoms with Crippen LogP contribution in [0.15, 0.2) is 36.4 Å². The Kier molecular flexibility index (Phi) is 3.12. The molecule has 2 unspecified atom stereocenters. The third-order valence-electron chi connectivity index (χ3n) is 4.59. The zero-order valence-electron chi connectivity index (χ0n) is 12.2. The molecule has 6 nitrogen and oxygen atoms in total. The molecule has 1 N–H and O–H groups in total. The Bertz CT molecular complexity index is 685. The van der Waals surface area contributed by atoms with E-state index in [0.29, 0.717) is 19.6 Å². The van der Waals surface area contributed by atoms with Crippen molar-refractivity contribution < 1.29 is 23.5 Å². The largest absolute Gasteiger partial charge is 0.400 e. The Morgan fingerprint density at radius 3 is 2.52 bits per heavy atom. The fourth-order valence-corrected chi connectivity index (χ4v) is 3.63. The number of hydrogen-bond donors (Lipinski definition) is 1. The molecule has 2 saturated heterocycles. The van der Waals surface area contributed by atoms with Gasteiger partial charge in [0.25, 0.3) is 0 Å². The number of para-hydroxylation sites is 1. The number of ether oxygens (including phenoxy) is 2. The standard InChI is InChI=1S/C16H15FN2O4/c17-12-3-1-2-4-13(12)19-9-10-7-18-8-11(10)16(19)22-14(20)5-6-15(21)23-16/h1-6,10-11,18H,7-9H2. The minimum absolute atomic E-state index is 0.0910. The van der Waals surface area contributed by atoms with Crippen molar-refractivity contribution in [2.75, 3.05) is 24.5 Å². The molecule has 3 heterocycles. The van der Waals surface area contributed by atoms with Crippen LogP contribution in [0.25, 0.3) is 0 Å². The number of nitrogens with one attached hydrogen (secondary N) is 1. The molecular formula is C16H15FN2O4. The highest BCUT2D eigenvalue weighted by Crippen LogP contribution is 2.46. The van der Waals surface area contributed by atoms with Gasteiger partial charge in [0, 0.05) is 37.7 Å². The molecular weight excluding hydrogens is 303 g/mol. The van der Waals surface area contributed by atoms with E-state index >= 15 is 0 Å². The lowest BCUT2D eigenvalue weighted by Crippen LogP contribution is -2.55. The van der Waals surface area contributed by atoms with Crippen molar-refractivity contribution in [2.24, 2.45) is 11.8 Å². The molecule has 1 spiro atoms. The lowest BCUT2D eigenvalue weighted by atomic mass is 9.97. The zero-order valence-corrected chi connectivity index (χ0v) is 12.2. The summed E-state index contributed by atoms with van der Waals surface area (Å²) in [7, 11) is 0. The number of nitrogens with zero attached hydrogens (tertiary/aromatic N) is 1. The van der Waals surface area contributed by atoms with Gasteiger partial charge in [-0.05, 0) is 12.1 Å². The fraction of sp³-hybridized carbons (Fsp3) is 0.375. The molecule has 0 amide bonds. The Labute approximate surface area is 131 Å². The van der Waals surface area contributed by atoms with Crippen LogP contribution in [0.5, 0.6) is 0 Å². The van der Waals surface area contributed by atoms with Crippen LogP contribution in [0, 0.1) is 17.7 Å². The van der Waals surface area contributed by atoms with Crippen molar-refractivity contribution in [3.63, 3.8) is 0 Å². The van der Waals surface area contributed by atoms with Crippen molar-refractivity contribution in [1.82, 2.24) is 5.32 Å². The van der Waals surface area contributed by atoms with Crippen molar-refractivity contribution in [3.8, 4) is 0 Å². The topological polar surface area (TPSA) is 67.9 Å². The quantitative estimate of drug-likeness (QED) is 0.772. The number of carbonyl (C=O) groups excluding carboxylic acids is 2. The van der Waals surface area contributed by atoms with Gasteiger partial charge < -0.3 is 14.8 Å². The van der Waals surface area contributed by atoms with Crippen molar-refractivity contribution in [2.45, 2.75) is 5.91 Å². The fourth-order valence-electron chi connectivity index (χ4n) is 3.63. The van der Waals surface area contributed by atoms with Crippen molar-refractivity contribution in [3.05, 3.63) is 42.2 Å². The number of carbonyl (C=O) groups is 2. The number of anilines is 1. The number of esters is 2. The van der Waals surface area contributed by atoms with Gasteiger partial charge in [0.15, 0.2) is 0 Å². The van der Waals surface area contributed by atoms with Gasteiger partial charge in [0.05, 0.1) is 11.6 Å². The molecule has 7 heteroatoms. The predicted octanol–water partition coefficient (Wildman–Crippen LogP) is 0.791. The predicted molar refractivity (Wildman–Crippen MR) is 77.7 cm³/mol. The second-order valence-corrected chi connectivity index (χ2v) is 5.89. The zero-order chi connectivity index (χ0) is 16.0. The minimum Gasteiger partial charge on any atom is -0.400 e. The summed E-state index contributed by atoms with van der Waals surface area (Å²) in [6.07, 6.45) is 2.07. The van der Waals surface area contributed by atoms with Gasteiger partial charge in [0.1, 0.15) is 5.82 Å². The smallest absolute Gasteiger partial charge is 0.347 e. The van der Waals surface area contributed by atoms with Gasteiger partial charge in [-0.25, -0.2) is 14.0 Å². The number of halogens is 1. The molecule has 120 valence electrons. The molecule has 0 saturated carbocycles. The van der Waals surface area contributed by atoms with Crippen LogP contribution in [0.1, 0.15) is 0 Å². The van der Waals surface area contributed by atoms with E-state index in [9.17, 15) is 14.0 Å². The molecule has 2 fully saturated rings. The number of hydrogen-bond acceptors (Lipinski definition) is 6. The van der Waals surface area contributed by atoms with Gasteiger partial charge in [-0.2, -0.15) is 0 Å². The van der Waals surface area contributed by atoms with Gasteiger partial charge >= 0.3 is 17.8 Å². The van der Waals surface area contributed by atoms with E-state index in [1.54, 1.807) is 23.1 Å². The average Bonchev–Trinajstić information content (AvgIpc) is 3.04. The third-order valence-corrected chi connectivity index (χ3v) is 4.59. The highest BCUT2D eigenvalue weighted by molar-refractivity contribution is 5.93. The van der Waals surface area contributed by atoms with Gasteiger partial charge in [-0.15, -0.1) is 0 Å². The SMILES string of the molecule is O=C1C=CC(=O)OC2(O1)C1CNCC1CN2c1ccccc1F. The van der Waals surface area contributed by atoms with E-state index in [0.717, 1.165) is 12.2 Å². The maximum absolute atomic E-state index is 14.3. The molecule has 0 bridgehead atoms. The summed E-state index contributed by atoms with van der Waals surface area (Å²) in [5.74, 6) is -3.59. The number of fused-ring (bicyclic) bond motifs is 2. The summed E-state index contributed by atoms with van der Waals surface area (Å²) in [6, 6.07) is 6.19. The molecule has 4 rings (SSSR count). The van der Waals surface area contributed by atoms with Crippen molar-refractivity contribution in [1.29, 1.82) is 0 Å². The van der Waals surface area contributed by atoms with E-state index in [1.807, 2.05) is 0 Å². The van der Waals surface area contributed by atoms with Crippen LogP contribution in [-0.4, -0.2) is 37.5 Å². The van der Waals surface area contributed by atoms with Crippen LogP contribution in [0.3, 0.4) is 0 Å².